The third-order valence-corrected chi connectivity index (χ3v) is 5.14. The summed E-state index contributed by atoms with van der Waals surface area (Å²) in [6, 6.07) is 5.50. The minimum Gasteiger partial charge on any atom is -0.505 e. The van der Waals surface area contributed by atoms with Crippen LogP contribution in [0.2, 0.25) is 0 Å². The van der Waals surface area contributed by atoms with E-state index in [0.717, 1.165) is 24.3 Å². The lowest BCUT2D eigenvalue weighted by atomic mass is 10.1. The van der Waals surface area contributed by atoms with Crippen LogP contribution in [0.1, 0.15) is 0 Å². The number of aromatic amines is 1. The van der Waals surface area contributed by atoms with Gasteiger partial charge in [-0.3, -0.25) is 14.2 Å². The lowest BCUT2D eigenvalue weighted by Crippen LogP contribution is -2.03. The van der Waals surface area contributed by atoms with Gasteiger partial charge in [0.25, 0.3) is 20.2 Å². The molecule has 3 rings (SSSR count). The lowest BCUT2D eigenvalue weighted by Gasteiger charge is -2.11. The highest BCUT2D eigenvalue weighted by molar-refractivity contribution is 7.86. The predicted molar refractivity (Wildman–Crippen MR) is 88.0 cm³/mol. The van der Waals surface area contributed by atoms with E-state index in [1.165, 1.54) is 12.3 Å². The molecule has 13 heteroatoms. The van der Waals surface area contributed by atoms with Gasteiger partial charge in [-0.05, 0) is 12.1 Å². The SMILES string of the molecule is O=S(=O)(O)c1cc(N=Nc2ccn[nH]2)c(O)c2c(S(=O)(=O)O)cccc12. The van der Waals surface area contributed by atoms with Gasteiger partial charge in [-0.1, -0.05) is 12.1 Å². The van der Waals surface area contributed by atoms with E-state index in [0.29, 0.717) is 0 Å². The number of phenols is 1. The zero-order chi connectivity index (χ0) is 19.1. The largest absolute Gasteiger partial charge is 0.505 e. The molecule has 3 aromatic rings. The van der Waals surface area contributed by atoms with Crippen molar-refractivity contribution >= 4 is 42.5 Å². The molecule has 0 amide bonds. The van der Waals surface area contributed by atoms with Gasteiger partial charge >= 0.3 is 0 Å². The summed E-state index contributed by atoms with van der Waals surface area (Å²) in [4.78, 5) is -1.47. The van der Waals surface area contributed by atoms with Gasteiger partial charge in [-0.15, -0.1) is 10.2 Å². The van der Waals surface area contributed by atoms with Crippen LogP contribution >= 0.6 is 0 Å². The molecular weight excluding hydrogens is 388 g/mol. The van der Waals surface area contributed by atoms with Crippen molar-refractivity contribution in [1.29, 1.82) is 0 Å². The zero-order valence-electron chi connectivity index (χ0n) is 12.6. The van der Waals surface area contributed by atoms with Crippen LogP contribution in [0.5, 0.6) is 5.75 Å². The van der Waals surface area contributed by atoms with E-state index in [1.807, 2.05) is 0 Å². The number of hydrogen-bond acceptors (Lipinski definition) is 8. The summed E-state index contributed by atoms with van der Waals surface area (Å²) in [6.07, 6.45) is 1.37. The molecule has 0 saturated carbocycles. The minimum atomic E-state index is -4.81. The molecule has 0 fully saturated rings. The Labute approximate surface area is 146 Å². The average Bonchev–Trinajstić information content (AvgIpc) is 3.05. The van der Waals surface area contributed by atoms with Crippen molar-refractivity contribution in [3.8, 4) is 5.75 Å². The quantitative estimate of drug-likeness (QED) is 0.381. The third kappa shape index (κ3) is 3.28. The average molecular weight is 398 g/mol. The molecule has 26 heavy (non-hydrogen) atoms. The maximum Gasteiger partial charge on any atom is 0.295 e. The second-order valence-electron chi connectivity index (χ2n) is 5.01. The Balaban J connectivity index is 2.42. The van der Waals surface area contributed by atoms with E-state index in [4.69, 9.17) is 0 Å². The van der Waals surface area contributed by atoms with Crippen molar-refractivity contribution < 1.29 is 31.0 Å². The summed E-state index contributed by atoms with van der Waals surface area (Å²) < 4.78 is 65.3. The van der Waals surface area contributed by atoms with Gasteiger partial charge in [0.05, 0.1) is 6.20 Å². The van der Waals surface area contributed by atoms with Gasteiger partial charge in [-0.25, -0.2) is 0 Å². The number of phenolic OH excluding ortho intramolecular Hbond substituents is 1. The first-order chi connectivity index (χ1) is 12.1. The van der Waals surface area contributed by atoms with Crippen LogP contribution in [-0.2, 0) is 20.2 Å². The van der Waals surface area contributed by atoms with Crippen molar-refractivity contribution in [2.75, 3.05) is 0 Å². The first-order valence-corrected chi connectivity index (χ1v) is 9.62. The predicted octanol–water partition coefficient (Wildman–Crippen LogP) is 2.18. The van der Waals surface area contributed by atoms with Crippen LogP contribution in [0.3, 0.4) is 0 Å². The molecule has 0 aliphatic carbocycles. The number of azo groups is 1. The fourth-order valence-corrected chi connectivity index (χ4v) is 3.72. The Morgan fingerprint density at radius 1 is 0.962 bits per heavy atom. The summed E-state index contributed by atoms with van der Waals surface area (Å²) in [5.74, 6) is -0.579. The van der Waals surface area contributed by atoms with E-state index in [1.54, 1.807) is 0 Å². The number of hydrogen-bond donors (Lipinski definition) is 4. The maximum absolute atomic E-state index is 11.7. The van der Waals surface area contributed by atoms with E-state index < -0.39 is 46.9 Å². The molecule has 1 aromatic heterocycles. The van der Waals surface area contributed by atoms with Crippen molar-refractivity contribution in [3.05, 3.63) is 36.5 Å². The Hall–Kier alpha value is -2.87. The monoisotopic (exact) mass is 398 g/mol. The number of rotatable bonds is 4. The number of aromatic nitrogens is 2. The molecule has 0 spiro atoms. The number of nitrogens with one attached hydrogen (secondary N) is 1. The van der Waals surface area contributed by atoms with Crippen molar-refractivity contribution in [2.45, 2.75) is 9.79 Å². The topological polar surface area (TPSA) is 182 Å². The van der Waals surface area contributed by atoms with Gasteiger partial charge in [0.2, 0.25) is 0 Å². The molecule has 0 saturated heterocycles. The summed E-state index contributed by atoms with van der Waals surface area (Å²) in [5.41, 5.74) is -0.448. The molecule has 1 heterocycles. The summed E-state index contributed by atoms with van der Waals surface area (Å²) in [5, 5.41) is 22.9. The first kappa shape index (κ1) is 17.9. The molecular formula is C13H10N4O7S2. The van der Waals surface area contributed by atoms with Gasteiger partial charge < -0.3 is 5.11 Å². The molecule has 4 N–H and O–H groups in total. The zero-order valence-corrected chi connectivity index (χ0v) is 14.2. The number of benzene rings is 2. The standard InChI is InChI=1S/C13H10N4O7S2/c18-13-8(15-17-11-4-5-14-16-11)6-10(26(22,23)24)7-2-1-3-9(12(7)13)25(19,20)21/h1-6,18H,(H,14,16)(H,19,20,21)(H,22,23,24). The molecule has 2 aromatic carbocycles. The first-order valence-electron chi connectivity index (χ1n) is 6.74. The summed E-state index contributed by atoms with van der Waals surface area (Å²) >= 11 is 0. The van der Waals surface area contributed by atoms with Gasteiger partial charge in [0.15, 0.2) is 11.6 Å². The molecule has 11 nitrogen and oxygen atoms in total. The Morgan fingerprint density at radius 2 is 1.65 bits per heavy atom. The van der Waals surface area contributed by atoms with Crippen LogP contribution in [0.25, 0.3) is 10.8 Å². The molecule has 0 unspecified atom stereocenters. The Kier molecular flexibility index (Phi) is 4.23. The number of H-pyrrole nitrogens is 1. The normalized spacial score (nSPS) is 12.8. The Morgan fingerprint density at radius 3 is 2.23 bits per heavy atom. The third-order valence-electron chi connectivity index (χ3n) is 3.35. The highest BCUT2D eigenvalue weighted by Crippen LogP contribution is 2.42. The molecule has 0 bridgehead atoms. The summed E-state index contributed by atoms with van der Waals surface area (Å²) in [7, 11) is -9.63. The number of fused-ring (bicyclic) bond motifs is 1. The minimum absolute atomic E-state index is 0.168. The van der Waals surface area contributed by atoms with E-state index in [9.17, 15) is 31.0 Å². The van der Waals surface area contributed by atoms with Crippen molar-refractivity contribution in [2.24, 2.45) is 10.2 Å². The fourth-order valence-electron chi connectivity index (χ4n) is 2.30. The van der Waals surface area contributed by atoms with Crippen LogP contribution < -0.4 is 0 Å². The molecule has 0 radical (unpaired) electrons. The number of nitrogens with zero attached hydrogens (tertiary/aromatic N) is 3. The van der Waals surface area contributed by atoms with Gasteiger partial charge in [0.1, 0.15) is 15.5 Å². The van der Waals surface area contributed by atoms with E-state index in [-0.39, 0.29) is 11.2 Å². The van der Waals surface area contributed by atoms with E-state index >= 15 is 0 Å². The second-order valence-corrected chi connectivity index (χ2v) is 7.79. The second kappa shape index (κ2) is 6.14. The highest BCUT2D eigenvalue weighted by atomic mass is 32.2. The molecule has 0 atom stereocenters. The van der Waals surface area contributed by atoms with Crippen molar-refractivity contribution in [3.63, 3.8) is 0 Å². The van der Waals surface area contributed by atoms with Crippen molar-refractivity contribution in [1.82, 2.24) is 10.2 Å². The summed E-state index contributed by atoms with van der Waals surface area (Å²) in [6.45, 7) is 0. The maximum atomic E-state index is 11.7. The van der Waals surface area contributed by atoms with Crippen LogP contribution in [0.15, 0.2) is 56.5 Å². The molecule has 0 aliphatic rings. The molecule has 0 aliphatic heterocycles. The lowest BCUT2D eigenvalue weighted by molar-refractivity contribution is 0.472. The smallest absolute Gasteiger partial charge is 0.295 e. The highest BCUT2D eigenvalue weighted by Gasteiger charge is 2.25. The van der Waals surface area contributed by atoms with Crippen LogP contribution in [0.4, 0.5) is 11.5 Å². The van der Waals surface area contributed by atoms with Gasteiger partial charge in [-0.2, -0.15) is 21.9 Å². The van der Waals surface area contributed by atoms with E-state index in [2.05, 4.69) is 20.4 Å². The fraction of sp³-hybridized carbons (Fsp3) is 0. The number of aromatic hydroxyl groups is 1. The Bertz CT molecular complexity index is 1230. The molecule has 136 valence electrons. The van der Waals surface area contributed by atoms with Gasteiger partial charge in [0, 0.05) is 16.8 Å². The van der Waals surface area contributed by atoms with Crippen LogP contribution in [0, 0.1) is 0 Å². The van der Waals surface area contributed by atoms with Crippen LogP contribution in [-0.4, -0.2) is 41.2 Å².